The first kappa shape index (κ1) is 18.3. The highest BCUT2D eigenvalue weighted by Gasteiger charge is 2.46. The van der Waals surface area contributed by atoms with Crippen molar-refractivity contribution in [3.05, 3.63) is 0 Å². The summed E-state index contributed by atoms with van der Waals surface area (Å²) in [7, 11) is 0. The average Bonchev–Trinajstić information content (AvgIpc) is 2.47. The van der Waals surface area contributed by atoms with Crippen LogP contribution in [0.4, 0.5) is 0 Å². The maximum atomic E-state index is 11.7. The molecule has 0 bridgehead atoms. The van der Waals surface area contributed by atoms with E-state index in [0.717, 1.165) is 19.3 Å². The predicted octanol–water partition coefficient (Wildman–Crippen LogP) is -0.310. The van der Waals surface area contributed by atoms with E-state index in [1.807, 2.05) is 0 Å². The minimum absolute atomic E-state index is 0.201. The molecule has 0 saturated carbocycles. The molecule has 124 valence electrons. The maximum Gasteiger partial charge on any atom is 0.338 e. The quantitative estimate of drug-likeness (QED) is 0.359. The molecule has 0 aliphatic carbocycles. The fourth-order valence-corrected chi connectivity index (χ4v) is 2.19. The number of hydrogen-bond donors (Lipinski definition) is 4. The van der Waals surface area contributed by atoms with Gasteiger partial charge in [-0.2, -0.15) is 0 Å². The van der Waals surface area contributed by atoms with Crippen molar-refractivity contribution in [2.75, 3.05) is 6.61 Å². The molecule has 0 aromatic heterocycles. The predicted molar refractivity (Wildman–Crippen MR) is 73.2 cm³/mol. The molecule has 1 aliphatic rings. The van der Waals surface area contributed by atoms with E-state index in [2.05, 4.69) is 6.92 Å². The number of esters is 1. The van der Waals surface area contributed by atoms with Gasteiger partial charge in [0.1, 0.15) is 18.3 Å². The van der Waals surface area contributed by atoms with E-state index >= 15 is 0 Å². The van der Waals surface area contributed by atoms with Gasteiger partial charge < -0.3 is 29.9 Å². The molecular formula is C14H26O7. The molecule has 21 heavy (non-hydrogen) atoms. The Balaban J connectivity index is 2.25. The summed E-state index contributed by atoms with van der Waals surface area (Å²) in [6.07, 6.45) is -1.88. The second-order valence-electron chi connectivity index (χ2n) is 5.35. The van der Waals surface area contributed by atoms with E-state index < -0.39 is 36.7 Å². The SMILES string of the molecule is CCCCCCCCOC(=O)C1OC(O)C(O)C(O)C1O. The Morgan fingerprint density at radius 2 is 1.57 bits per heavy atom. The van der Waals surface area contributed by atoms with Gasteiger partial charge in [0.25, 0.3) is 0 Å². The van der Waals surface area contributed by atoms with Gasteiger partial charge in [-0.15, -0.1) is 0 Å². The first-order valence-corrected chi connectivity index (χ1v) is 7.53. The number of rotatable bonds is 8. The van der Waals surface area contributed by atoms with Crippen LogP contribution in [0.15, 0.2) is 0 Å². The van der Waals surface area contributed by atoms with E-state index in [4.69, 9.17) is 9.47 Å². The topological polar surface area (TPSA) is 116 Å². The molecular weight excluding hydrogens is 280 g/mol. The fourth-order valence-electron chi connectivity index (χ4n) is 2.19. The normalized spacial score (nSPS) is 32.9. The molecule has 7 nitrogen and oxygen atoms in total. The number of hydrogen-bond acceptors (Lipinski definition) is 7. The van der Waals surface area contributed by atoms with Crippen molar-refractivity contribution in [3.63, 3.8) is 0 Å². The van der Waals surface area contributed by atoms with Crippen molar-refractivity contribution in [1.82, 2.24) is 0 Å². The average molecular weight is 306 g/mol. The summed E-state index contributed by atoms with van der Waals surface area (Å²) in [6.45, 7) is 2.34. The zero-order valence-corrected chi connectivity index (χ0v) is 12.4. The van der Waals surface area contributed by atoms with Gasteiger partial charge in [0.05, 0.1) is 6.61 Å². The van der Waals surface area contributed by atoms with Gasteiger partial charge in [0.2, 0.25) is 0 Å². The molecule has 1 heterocycles. The maximum absolute atomic E-state index is 11.7. The number of aliphatic hydroxyl groups excluding tert-OH is 4. The molecule has 7 heteroatoms. The molecule has 0 aromatic rings. The van der Waals surface area contributed by atoms with Crippen molar-refractivity contribution in [1.29, 1.82) is 0 Å². The van der Waals surface area contributed by atoms with Crippen molar-refractivity contribution < 1.29 is 34.7 Å². The summed E-state index contributed by atoms with van der Waals surface area (Å²) in [5.41, 5.74) is 0. The molecule has 1 saturated heterocycles. The molecule has 5 unspecified atom stereocenters. The first-order chi connectivity index (χ1) is 9.99. The fraction of sp³-hybridized carbons (Fsp3) is 0.929. The summed E-state index contributed by atoms with van der Waals surface area (Å²) in [4.78, 5) is 11.7. The standard InChI is InChI=1S/C14H26O7/c1-2-3-4-5-6-7-8-20-14(19)12-10(16)9(15)11(17)13(18)21-12/h9-13,15-18H,2-8H2,1H3. The lowest BCUT2D eigenvalue weighted by Gasteiger charge is -2.36. The van der Waals surface area contributed by atoms with Crippen LogP contribution < -0.4 is 0 Å². The van der Waals surface area contributed by atoms with Crippen LogP contribution in [-0.2, 0) is 14.3 Å². The highest BCUT2D eigenvalue weighted by atomic mass is 16.7. The van der Waals surface area contributed by atoms with Crippen LogP contribution in [0.5, 0.6) is 0 Å². The summed E-state index contributed by atoms with van der Waals surface area (Å²) in [6, 6.07) is 0. The molecule has 0 amide bonds. The van der Waals surface area contributed by atoms with Gasteiger partial charge in [0.15, 0.2) is 12.4 Å². The zero-order chi connectivity index (χ0) is 15.8. The van der Waals surface area contributed by atoms with Gasteiger partial charge in [-0.3, -0.25) is 0 Å². The van der Waals surface area contributed by atoms with Crippen molar-refractivity contribution >= 4 is 5.97 Å². The third kappa shape index (κ3) is 5.52. The third-order valence-corrected chi connectivity index (χ3v) is 3.56. The molecule has 1 aliphatic heterocycles. The lowest BCUT2D eigenvalue weighted by molar-refractivity contribution is -0.281. The summed E-state index contributed by atoms with van der Waals surface area (Å²) >= 11 is 0. The third-order valence-electron chi connectivity index (χ3n) is 3.56. The first-order valence-electron chi connectivity index (χ1n) is 7.53. The monoisotopic (exact) mass is 306 g/mol. The van der Waals surface area contributed by atoms with Crippen molar-refractivity contribution in [2.45, 2.75) is 76.2 Å². The van der Waals surface area contributed by atoms with Crippen LogP contribution in [0.3, 0.4) is 0 Å². The van der Waals surface area contributed by atoms with Gasteiger partial charge >= 0.3 is 5.97 Å². The van der Waals surface area contributed by atoms with Gasteiger partial charge in [0, 0.05) is 0 Å². The molecule has 0 spiro atoms. The molecule has 0 aromatic carbocycles. The number of carbonyl (C=O) groups is 1. The van der Waals surface area contributed by atoms with E-state index in [1.54, 1.807) is 0 Å². The van der Waals surface area contributed by atoms with Crippen LogP contribution >= 0.6 is 0 Å². The van der Waals surface area contributed by atoms with Gasteiger partial charge in [-0.05, 0) is 6.42 Å². The minimum Gasteiger partial charge on any atom is -0.464 e. The Kier molecular flexibility index (Phi) is 8.13. The van der Waals surface area contributed by atoms with Crippen LogP contribution in [-0.4, -0.2) is 63.7 Å². The minimum atomic E-state index is -1.73. The zero-order valence-electron chi connectivity index (χ0n) is 12.4. The molecule has 5 atom stereocenters. The molecule has 0 radical (unpaired) electrons. The number of aliphatic hydroxyl groups is 4. The second kappa shape index (κ2) is 9.32. The number of ether oxygens (including phenoxy) is 2. The number of unbranched alkanes of at least 4 members (excludes halogenated alkanes) is 5. The van der Waals surface area contributed by atoms with Crippen LogP contribution in [0.2, 0.25) is 0 Å². The Morgan fingerprint density at radius 1 is 0.952 bits per heavy atom. The highest BCUT2D eigenvalue weighted by Crippen LogP contribution is 2.20. The van der Waals surface area contributed by atoms with E-state index in [9.17, 15) is 25.2 Å². The largest absolute Gasteiger partial charge is 0.464 e. The van der Waals surface area contributed by atoms with E-state index in [1.165, 1.54) is 12.8 Å². The number of carbonyl (C=O) groups excluding carboxylic acids is 1. The Hall–Kier alpha value is -0.730. The second-order valence-corrected chi connectivity index (χ2v) is 5.35. The van der Waals surface area contributed by atoms with Crippen LogP contribution in [0.25, 0.3) is 0 Å². The molecule has 4 N–H and O–H groups in total. The lowest BCUT2D eigenvalue weighted by atomic mass is 9.99. The Bertz CT molecular complexity index is 310. The smallest absolute Gasteiger partial charge is 0.338 e. The highest BCUT2D eigenvalue weighted by molar-refractivity contribution is 5.75. The van der Waals surface area contributed by atoms with Crippen LogP contribution in [0.1, 0.15) is 45.4 Å². The lowest BCUT2D eigenvalue weighted by Crippen LogP contribution is -2.59. The van der Waals surface area contributed by atoms with Crippen molar-refractivity contribution in [3.8, 4) is 0 Å². The molecule has 1 rings (SSSR count). The van der Waals surface area contributed by atoms with Crippen molar-refractivity contribution in [2.24, 2.45) is 0 Å². The van der Waals surface area contributed by atoms with E-state index in [-0.39, 0.29) is 6.61 Å². The van der Waals surface area contributed by atoms with Gasteiger partial charge in [-0.25, -0.2) is 4.79 Å². The summed E-state index contributed by atoms with van der Waals surface area (Å²) in [5.74, 6) is -0.846. The molecule has 1 fully saturated rings. The summed E-state index contributed by atoms with van der Waals surface area (Å²) < 4.78 is 9.74. The Morgan fingerprint density at radius 3 is 2.24 bits per heavy atom. The Labute approximate surface area is 124 Å². The summed E-state index contributed by atoms with van der Waals surface area (Å²) in [5, 5.41) is 37.8. The van der Waals surface area contributed by atoms with Gasteiger partial charge in [-0.1, -0.05) is 39.0 Å². The van der Waals surface area contributed by atoms with E-state index in [0.29, 0.717) is 6.42 Å². The van der Waals surface area contributed by atoms with Crippen LogP contribution in [0, 0.1) is 0 Å².